The Labute approximate surface area is 194 Å². The Bertz CT molecular complexity index is 845. The van der Waals surface area contributed by atoms with Crippen LogP contribution in [0.1, 0.15) is 40.0 Å². The molecule has 1 unspecified atom stereocenters. The van der Waals surface area contributed by atoms with Crippen molar-refractivity contribution in [2.24, 2.45) is 11.8 Å². The predicted octanol–water partition coefficient (Wildman–Crippen LogP) is 1.67. The van der Waals surface area contributed by atoms with E-state index in [0.29, 0.717) is 26.2 Å². The van der Waals surface area contributed by atoms with Crippen LogP contribution in [0.5, 0.6) is 0 Å². The van der Waals surface area contributed by atoms with Gasteiger partial charge in [0.1, 0.15) is 6.04 Å². The lowest BCUT2D eigenvalue weighted by atomic mass is 9.74. The zero-order chi connectivity index (χ0) is 23.1. The first kappa shape index (κ1) is 23.4. The number of nitrogens with zero attached hydrogens (tertiary/aromatic N) is 3. The number of likely N-dealkylation sites (tertiary alicyclic amines) is 1. The minimum Gasteiger partial charge on any atom is -0.395 e. The number of carbonyl (C=O) groups is 3. The summed E-state index contributed by atoms with van der Waals surface area (Å²) in [5.41, 5.74) is 0. The summed E-state index contributed by atoms with van der Waals surface area (Å²) in [4.78, 5) is 46.6. The lowest BCUT2D eigenvalue weighted by Gasteiger charge is -2.36. The van der Waals surface area contributed by atoms with E-state index in [1.807, 2.05) is 41.9 Å². The highest BCUT2D eigenvalue weighted by atomic mass is 32.2. The molecule has 4 rings (SSSR count). The summed E-state index contributed by atoms with van der Waals surface area (Å²) in [5.74, 6) is -1.39. The molecule has 5 atom stereocenters. The lowest BCUT2D eigenvalue weighted by Crippen LogP contribution is -2.54. The van der Waals surface area contributed by atoms with Crippen molar-refractivity contribution in [1.82, 2.24) is 14.7 Å². The van der Waals surface area contributed by atoms with Crippen LogP contribution in [-0.2, 0) is 14.4 Å². The second kappa shape index (κ2) is 8.86. The molecule has 176 valence electrons. The van der Waals surface area contributed by atoms with E-state index in [2.05, 4.69) is 13.0 Å². The van der Waals surface area contributed by atoms with Gasteiger partial charge in [-0.1, -0.05) is 44.6 Å². The minimum atomic E-state index is -0.807. The summed E-state index contributed by atoms with van der Waals surface area (Å²) < 4.78 is -1.37. The van der Waals surface area contributed by atoms with Crippen LogP contribution in [-0.4, -0.2) is 92.4 Å². The highest BCUT2D eigenvalue weighted by Gasteiger charge is 2.73. The van der Waals surface area contributed by atoms with Gasteiger partial charge >= 0.3 is 0 Å². The first-order valence-electron chi connectivity index (χ1n) is 11.9. The summed E-state index contributed by atoms with van der Waals surface area (Å²) in [6, 6.07) is -0.697. The molecule has 0 aromatic heterocycles. The third-order valence-electron chi connectivity index (χ3n) is 7.34. The maximum atomic E-state index is 13.8. The number of hydrogen-bond donors (Lipinski definition) is 1. The van der Waals surface area contributed by atoms with Gasteiger partial charge in [-0.15, -0.1) is 11.8 Å². The Morgan fingerprint density at radius 1 is 0.938 bits per heavy atom. The van der Waals surface area contributed by atoms with Gasteiger partial charge in [0.15, 0.2) is 0 Å². The number of rotatable bonds is 7. The van der Waals surface area contributed by atoms with Crippen molar-refractivity contribution in [2.45, 2.75) is 55.6 Å². The summed E-state index contributed by atoms with van der Waals surface area (Å²) >= 11 is 1.60. The smallest absolute Gasteiger partial charge is 0.247 e. The van der Waals surface area contributed by atoms with Gasteiger partial charge in [0.25, 0.3) is 0 Å². The molecule has 2 saturated heterocycles. The van der Waals surface area contributed by atoms with Crippen LogP contribution < -0.4 is 0 Å². The molecule has 7 nitrogen and oxygen atoms in total. The van der Waals surface area contributed by atoms with Crippen molar-refractivity contribution < 1.29 is 19.5 Å². The Hall–Kier alpha value is -1.80. The van der Waals surface area contributed by atoms with Crippen LogP contribution >= 0.6 is 11.8 Å². The number of unbranched alkanes of at least 4 members (excludes halogenated alkanes) is 1. The molecule has 0 aromatic rings. The fraction of sp³-hybridized carbons (Fsp3) is 0.708. The quantitative estimate of drug-likeness (QED) is 0.584. The maximum Gasteiger partial charge on any atom is 0.247 e. The van der Waals surface area contributed by atoms with E-state index in [9.17, 15) is 19.5 Å². The lowest BCUT2D eigenvalue weighted by molar-refractivity contribution is -0.145. The van der Waals surface area contributed by atoms with Gasteiger partial charge in [-0.25, -0.2) is 0 Å². The third kappa shape index (κ3) is 3.41. The molecule has 0 saturated carbocycles. The number of fused-ring (bicyclic) bond motifs is 2. The summed E-state index contributed by atoms with van der Waals surface area (Å²) in [7, 11) is 0. The zero-order valence-corrected chi connectivity index (χ0v) is 20.1. The average Bonchev–Trinajstić information content (AvgIpc) is 3.02. The van der Waals surface area contributed by atoms with Crippen molar-refractivity contribution in [3.8, 4) is 0 Å². The number of carbonyl (C=O) groups excluding carboxylic acids is 3. The van der Waals surface area contributed by atoms with E-state index < -0.39 is 27.4 Å². The number of aliphatic hydroxyl groups excluding tert-OH is 1. The van der Waals surface area contributed by atoms with Gasteiger partial charge in [0.2, 0.25) is 17.7 Å². The number of amides is 3. The molecule has 0 radical (unpaired) electrons. The van der Waals surface area contributed by atoms with Gasteiger partial charge < -0.3 is 19.8 Å². The molecule has 3 amide bonds. The molecule has 2 fully saturated rings. The molecule has 32 heavy (non-hydrogen) atoms. The Balaban J connectivity index is 1.81. The SMILES string of the molecule is CCCCN1CC=C[C@]23S[C@]4(C)C=CCN(CCC)C(=O)[C@@H]4[C@H]2C(=O)N(CCO)C3C1=O. The van der Waals surface area contributed by atoms with Gasteiger partial charge in [-0.05, 0) is 19.8 Å². The van der Waals surface area contributed by atoms with Crippen LogP contribution in [0, 0.1) is 11.8 Å². The molecule has 8 heteroatoms. The van der Waals surface area contributed by atoms with Crippen LogP contribution in [0.2, 0.25) is 0 Å². The highest BCUT2D eigenvalue weighted by Crippen LogP contribution is 2.65. The van der Waals surface area contributed by atoms with Crippen LogP contribution in [0.25, 0.3) is 0 Å². The molecule has 4 aliphatic heterocycles. The van der Waals surface area contributed by atoms with Crippen LogP contribution in [0.4, 0.5) is 0 Å². The molecular formula is C24H35N3O4S. The topological polar surface area (TPSA) is 81.2 Å². The fourth-order valence-electron chi connectivity index (χ4n) is 5.99. The standard InChI is InChI=1S/C24H35N3O4S/c1-4-6-12-26-14-8-10-24-18(21(30)27(15-16-28)19(24)22(26)31)17-20(29)25(11-5-2)13-7-9-23(17,3)32-24/h7-10,17-19,28H,4-6,11-16H2,1-3H3/t17-,18-,19?,23+,24-/m0/s1. The van der Waals surface area contributed by atoms with Gasteiger partial charge in [0, 0.05) is 37.5 Å². The molecule has 0 aromatic carbocycles. The Kier molecular flexibility index (Phi) is 6.47. The van der Waals surface area contributed by atoms with Gasteiger partial charge in [-0.2, -0.15) is 0 Å². The molecule has 0 aliphatic carbocycles. The van der Waals surface area contributed by atoms with Crippen molar-refractivity contribution in [1.29, 1.82) is 0 Å². The van der Waals surface area contributed by atoms with Crippen molar-refractivity contribution in [3.05, 3.63) is 24.3 Å². The largest absolute Gasteiger partial charge is 0.395 e. The van der Waals surface area contributed by atoms with Gasteiger partial charge in [-0.3, -0.25) is 14.4 Å². The molecule has 1 spiro atoms. The van der Waals surface area contributed by atoms with E-state index in [1.165, 1.54) is 0 Å². The van der Waals surface area contributed by atoms with E-state index in [0.717, 1.165) is 19.3 Å². The maximum absolute atomic E-state index is 13.8. The third-order valence-corrected chi connectivity index (χ3v) is 9.14. The van der Waals surface area contributed by atoms with E-state index >= 15 is 0 Å². The van der Waals surface area contributed by atoms with Crippen molar-refractivity contribution in [3.63, 3.8) is 0 Å². The van der Waals surface area contributed by atoms with Gasteiger partial charge in [0.05, 0.1) is 23.2 Å². The molecule has 1 N–H and O–H groups in total. The molecule has 4 aliphatic rings. The summed E-state index contributed by atoms with van der Waals surface area (Å²) in [6.45, 7) is 8.43. The number of aliphatic hydroxyl groups is 1. The van der Waals surface area contributed by atoms with E-state index in [1.54, 1.807) is 16.7 Å². The molecule has 0 bridgehead atoms. The van der Waals surface area contributed by atoms with Crippen LogP contribution in [0.3, 0.4) is 0 Å². The number of β-amino-alcohol motifs (C(OH)–C–C–N with tert-alkyl or cyclic N) is 1. The normalized spacial score (nSPS) is 36.3. The van der Waals surface area contributed by atoms with Crippen molar-refractivity contribution >= 4 is 29.5 Å². The van der Waals surface area contributed by atoms with E-state index in [4.69, 9.17) is 0 Å². The average molecular weight is 462 g/mol. The number of thioether (sulfide) groups is 1. The summed E-state index contributed by atoms with van der Waals surface area (Å²) in [6.07, 6.45) is 10.9. The monoisotopic (exact) mass is 461 g/mol. The van der Waals surface area contributed by atoms with Crippen molar-refractivity contribution in [2.75, 3.05) is 39.3 Å². The van der Waals surface area contributed by atoms with Crippen LogP contribution in [0.15, 0.2) is 24.3 Å². The fourth-order valence-corrected chi connectivity index (χ4v) is 8.15. The minimum absolute atomic E-state index is 0.000363. The van der Waals surface area contributed by atoms with E-state index in [-0.39, 0.29) is 30.9 Å². The number of hydrogen-bond acceptors (Lipinski definition) is 5. The second-order valence-corrected chi connectivity index (χ2v) is 11.3. The summed E-state index contributed by atoms with van der Waals surface area (Å²) in [5, 5.41) is 9.72. The Morgan fingerprint density at radius 2 is 1.62 bits per heavy atom. The highest BCUT2D eigenvalue weighted by molar-refractivity contribution is 8.02. The molecular weight excluding hydrogens is 426 g/mol. The second-order valence-electron chi connectivity index (χ2n) is 9.48. The predicted molar refractivity (Wildman–Crippen MR) is 125 cm³/mol. The zero-order valence-electron chi connectivity index (χ0n) is 19.3. The molecule has 4 heterocycles. The Morgan fingerprint density at radius 3 is 2.28 bits per heavy atom. The first-order chi connectivity index (χ1) is 15.3. The first-order valence-corrected chi connectivity index (χ1v) is 12.7.